The van der Waals surface area contributed by atoms with Gasteiger partial charge in [0.1, 0.15) is 24.4 Å². The summed E-state index contributed by atoms with van der Waals surface area (Å²) in [4.78, 5) is 25.1. The lowest BCUT2D eigenvalue weighted by Gasteiger charge is -2.40. The van der Waals surface area contributed by atoms with Crippen LogP contribution in [0.1, 0.15) is 335 Å². The van der Waals surface area contributed by atoms with Gasteiger partial charge in [0, 0.05) is 12.8 Å². The Morgan fingerprint density at radius 1 is 0.457 bits per heavy atom. The monoisotopic (exact) mass is 1150 g/mol. The van der Waals surface area contributed by atoms with Gasteiger partial charge in [-0.05, 0) is 64.2 Å². The van der Waals surface area contributed by atoms with E-state index in [9.17, 15) is 35.1 Å². The van der Waals surface area contributed by atoms with E-state index in [-0.39, 0.29) is 18.5 Å². The number of nitrogens with one attached hydrogen (secondary N) is 1. The highest BCUT2D eigenvalue weighted by atomic mass is 16.7. The zero-order valence-electron chi connectivity index (χ0n) is 52.8. The molecule has 11 nitrogen and oxygen atoms in total. The van der Waals surface area contributed by atoms with E-state index in [1.54, 1.807) is 6.08 Å². The SMILES string of the molecule is CCCCCCCCCCCCC/C=C/C(O)C(COC1OC(CO)C(O)C(O)C1O)NC(=O)CCCCCCCCCCCCCCC/C=C\C/C=C\CCCCCCCCCCCOC(=O)CCCCCCCCCCCCC. The molecule has 0 aromatic heterocycles. The smallest absolute Gasteiger partial charge is 0.305 e. The maximum Gasteiger partial charge on any atom is 0.305 e. The van der Waals surface area contributed by atoms with Crippen molar-refractivity contribution in [2.45, 2.75) is 378 Å². The maximum absolute atomic E-state index is 13.1. The van der Waals surface area contributed by atoms with Crippen molar-refractivity contribution in [3.05, 3.63) is 36.5 Å². The molecular formula is C70H131NO10. The molecule has 6 N–H and O–H groups in total. The number of rotatable bonds is 61. The van der Waals surface area contributed by atoms with Gasteiger partial charge in [-0.2, -0.15) is 0 Å². The predicted molar refractivity (Wildman–Crippen MR) is 338 cm³/mol. The summed E-state index contributed by atoms with van der Waals surface area (Å²) in [5.74, 6) is -0.178. The van der Waals surface area contributed by atoms with Gasteiger partial charge in [-0.1, -0.05) is 294 Å². The minimum absolute atomic E-state index is 0.00322. The van der Waals surface area contributed by atoms with Crippen LogP contribution in [0.15, 0.2) is 36.5 Å². The molecule has 0 bridgehead atoms. The average Bonchev–Trinajstić information content (AvgIpc) is 3.47. The van der Waals surface area contributed by atoms with Crippen LogP contribution in [-0.4, -0.2) is 100 Å². The van der Waals surface area contributed by atoms with Crippen molar-refractivity contribution in [1.82, 2.24) is 5.32 Å². The molecule has 0 aromatic rings. The second-order valence-electron chi connectivity index (χ2n) is 24.2. The van der Waals surface area contributed by atoms with Gasteiger partial charge in [-0.25, -0.2) is 0 Å². The first-order chi connectivity index (χ1) is 39.7. The molecule has 81 heavy (non-hydrogen) atoms. The van der Waals surface area contributed by atoms with Crippen molar-refractivity contribution in [2.24, 2.45) is 0 Å². The lowest BCUT2D eigenvalue weighted by molar-refractivity contribution is -0.302. The van der Waals surface area contributed by atoms with Crippen LogP contribution < -0.4 is 5.32 Å². The van der Waals surface area contributed by atoms with Crippen LogP contribution in [-0.2, 0) is 23.8 Å². The minimum Gasteiger partial charge on any atom is -0.466 e. The van der Waals surface area contributed by atoms with Crippen molar-refractivity contribution in [3.63, 3.8) is 0 Å². The lowest BCUT2D eigenvalue weighted by Crippen LogP contribution is -2.60. The van der Waals surface area contributed by atoms with E-state index < -0.39 is 49.5 Å². The molecule has 1 heterocycles. The standard InChI is InChI=1S/C70H131NO10/c1-3-5-7-9-11-13-15-33-37-40-44-48-52-56-63(73)62(61-80-70-69(78)68(77)67(76)64(60-72)81-70)71-65(74)57-53-49-45-41-38-34-31-29-27-25-23-21-19-17-16-18-20-22-24-26-28-30-32-35-39-43-47-51-55-59-79-66(75)58-54-50-46-42-36-14-12-10-8-6-4-2/h16,18,22,24,52,56,62-64,67-70,72-73,76-78H,3-15,17,19-21,23,25-51,53-55,57-61H2,1-2H3,(H,71,74)/b18-16-,24-22-,56-52+. The molecule has 0 radical (unpaired) electrons. The lowest BCUT2D eigenvalue weighted by atomic mass is 9.99. The highest BCUT2D eigenvalue weighted by molar-refractivity contribution is 5.76. The second kappa shape index (κ2) is 59.6. The van der Waals surface area contributed by atoms with Gasteiger partial charge in [0.05, 0.1) is 32.0 Å². The number of unbranched alkanes of at least 4 members (excludes halogenated alkanes) is 43. The van der Waals surface area contributed by atoms with Crippen LogP contribution in [0.4, 0.5) is 0 Å². The van der Waals surface area contributed by atoms with Gasteiger partial charge in [-0.15, -0.1) is 0 Å². The second-order valence-corrected chi connectivity index (χ2v) is 24.2. The number of carbonyl (C=O) groups excluding carboxylic acids is 2. The van der Waals surface area contributed by atoms with Crippen LogP contribution in [0.5, 0.6) is 0 Å². The quantitative estimate of drug-likeness (QED) is 0.0195. The average molecular weight is 1150 g/mol. The number of hydrogen-bond donors (Lipinski definition) is 6. The summed E-state index contributed by atoms with van der Waals surface area (Å²) in [5.41, 5.74) is 0. The number of hydrogen-bond acceptors (Lipinski definition) is 10. The Morgan fingerprint density at radius 3 is 1.25 bits per heavy atom. The molecule has 1 amide bonds. The van der Waals surface area contributed by atoms with Gasteiger partial charge >= 0.3 is 5.97 Å². The fourth-order valence-corrected chi connectivity index (χ4v) is 11.0. The zero-order chi connectivity index (χ0) is 58.7. The summed E-state index contributed by atoms with van der Waals surface area (Å²) in [6.07, 6.45) is 65.5. The van der Waals surface area contributed by atoms with E-state index in [4.69, 9.17) is 14.2 Å². The molecule has 1 rings (SSSR count). The van der Waals surface area contributed by atoms with Crippen LogP contribution in [0.2, 0.25) is 0 Å². The summed E-state index contributed by atoms with van der Waals surface area (Å²) < 4.78 is 16.7. The van der Waals surface area contributed by atoms with E-state index in [0.717, 1.165) is 64.2 Å². The summed E-state index contributed by atoms with van der Waals surface area (Å²) >= 11 is 0. The fourth-order valence-electron chi connectivity index (χ4n) is 11.0. The van der Waals surface area contributed by atoms with Crippen molar-refractivity contribution in [1.29, 1.82) is 0 Å². The van der Waals surface area contributed by atoms with Crippen LogP contribution in [0.25, 0.3) is 0 Å². The van der Waals surface area contributed by atoms with Crippen molar-refractivity contribution in [2.75, 3.05) is 19.8 Å². The first-order valence-electron chi connectivity index (χ1n) is 34.8. The van der Waals surface area contributed by atoms with E-state index >= 15 is 0 Å². The first kappa shape index (κ1) is 76.9. The van der Waals surface area contributed by atoms with Crippen LogP contribution in [0, 0.1) is 0 Å². The first-order valence-corrected chi connectivity index (χ1v) is 34.8. The maximum atomic E-state index is 13.1. The van der Waals surface area contributed by atoms with E-state index in [1.165, 1.54) is 244 Å². The number of allylic oxidation sites excluding steroid dienone is 5. The Bertz CT molecular complexity index is 1440. The Labute approximate surface area is 498 Å². The molecule has 0 spiro atoms. The van der Waals surface area contributed by atoms with Gasteiger partial charge in [0.15, 0.2) is 6.29 Å². The molecule has 1 aliphatic heterocycles. The number of aliphatic hydroxyl groups is 5. The topological polar surface area (TPSA) is 175 Å². The largest absolute Gasteiger partial charge is 0.466 e. The predicted octanol–water partition coefficient (Wildman–Crippen LogP) is 17.4. The number of amides is 1. The van der Waals surface area contributed by atoms with E-state index in [0.29, 0.717) is 19.4 Å². The molecule has 7 atom stereocenters. The van der Waals surface area contributed by atoms with Gasteiger partial charge < -0.3 is 45.1 Å². The molecule has 11 heteroatoms. The molecule has 1 saturated heterocycles. The zero-order valence-corrected chi connectivity index (χ0v) is 52.8. The number of aliphatic hydroxyl groups excluding tert-OH is 5. The summed E-state index contributed by atoms with van der Waals surface area (Å²) in [5, 5.41) is 54.5. The normalized spacial score (nSPS) is 18.4. The molecule has 1 fully saturated rings. The van der Waals surface area contributed by atoms with Gasteiger partial charge in [0.2, 0.25) is 5.91 Å². The third-order valence-corrected chi connectivity index (χ3v) is 16.5. The van der Waals surface area contributed by atoms with Crippen molar-refractivity contribution in [3.8, 4) is 0 Å². The highest BCUT2D eigenvalue weighted by Crippen LogP contribution is 2.23. The third kappa shape index (κ3) is 48.8. The van der Waals surface area contributed by atoms with Crippen molar-refractivity contribution < 1.29 is 49.3 Å². The molecule has 0 saturated carbocycles. The Balaban J connectivity index is 2.00. The number of carbonyl (C=O) groups is 2. The molecular weight excluding hydrogens is 1010 g/mol. The molecule has 1 aliphatic rings. The van der Waals surface area contributed by atoms with E-state index in [2.05, 4.69) is 43.5 Å². The Kier molecular flexibility index (Phi) is 56.6. The van der Waals surface area contributed by atoms with Crippen LogP contribution in [0.3, 0.4) is 0 Å². The van der Waals surface area contributed by atoms with E-state index in [1.807, 2.05) is 6.08 Å². The van der Waals surface area contributed by atoms with Crippen LogP contribution >= 0.6 is 0 Å². The Morgan fingerprint density at radius 2 is 0.827 bits per heavy atom. The number of esters is 1. The van der Waals surface area contributed by atoms with Crippen molar-refractivity contribution >= 4 is 11.9 Å². The minimum atomic E-state index is -1.57. The summed E-state index contributed by atoms with van der Waals surface area (Å²) in [6, 6.07) is -0.811. The molecule has 476 valence electrons. The highest BCUT2D eigenvalue weighted by Gasteiger charge is 2.44. The van der Waals surface area contributed by atoms with Gasteiger partial charge in [-0.3, -0.25) is 9.59 Å². The molecule has 7 unspecified atom stereocenters. The summed E-state index contributed by atoms with van der Waals surface area (Å²) in [6.45, 7) is 4.36. The molecule has 0 aliphatic carbocycles. The van der Waals surface area contributed by atoms with Gasteiger partial charge in [0.25, 0.3) is 0 Å². The summed E-state index contributed by atoms with van der Waals surface area (Å²) in [7, 11) is 0. The third-order valence-electron chi connectivity index (χ3n) is 16.5. The Hall–Kier alpha value is -2.12. The number of ether oxygens (including phenoxy) is 3. The fraction of sp³-hybridized carbons (Fsp3) is 0.886. The molecule has 0 aromatic carbocycles.